The molecule has 1 nitrogen and oxygen atoms in total. The molecule has 0 unspecified atom stereocenters. The number of pyridine rings is 1. The monoisotopic (exact) mass is 311 g/mol. The van der Waals surface area contributed by atoms with E-state index in [1.807, 2.05) is 22.6 Å². The standard InChI is InChI=1S/C5H2FIN.Y/c6-5-3-4(7)1-2-8-5;/h1,3H;/q-1;. The third kappa shape index (κ3) is 3.58. The van der Waals surface area contributed by atoms with Crippen LogP contribution in [0, 0.1) is 15.7 Å². The van der Waals surface area contributed by atoms with Gasteiger partial charge in [-0.2, -0.15) is 0 Å². The minimum Gasteiger partial charge on any atom is -0.361 e. The molecule has 1 radical (unpaired) electrons. The summed E-state index contributed by atoms with van der Waals surface area (Å²) in [5.74, 6) is -0.475. The summed E-state index contributed by atoms with van der Waals surface area (Å²) in [5, 5.41) is 0. The van der Waals surface area contributed by atoms with Crippen molar-refractivity contribution in [1.29, 1.82) is 0 Å². The predicted octanol–water partition coefficient (Wildman–Crippen LogP) is 1.62. The Balaban J connectivity index is 0.000000640. The fourth-order valence-corrected chi connectivity index (χ4v) is 0.740. The van der Waals surface area contributed by atoms with E-state index in [2.05, 4.69) is 11.2 Å². The normalized spacial score (nSPS) is 8.22. The number of halogens is 2. The van der Waals surface area contributed by atoms with Gasteiger partial charge in [-0.3, -0.25) is 4.39 Å². The topological polar surface area (TPSA) is 12.9 Å². The van der Waals surface area contributed by atoms with Crippen LogP contribution in [-0.2, 0) is 32.7 Å². The molecule has 0 aliphatic rings. The van der Waals surface area contributed by atoms with E-state index in [1.54, 1.807) is 6.07 Å². The van der Waals surface area contributed by atoms with Crippen molar-refractivity contribution in [2.75, 3.05) is 0 Å². The van der Waals surface area contributed by atoms with Gasteiger partial charge in [0.25, 0.3) is 0 Å². The molecule has 1 aromatic rings. The van der Waals surface area contributed by atoms with Gasteiger partial charge in [-0.1, -0.05) is 9.77 Å². The first kappa shape index (κ1) is 9.91. The number of hydrogen-bond acceptors (Lipinski definition) is 1. The average molecular weight is 311 g/mol. The SMILES string of the molecule is Fc1cc(I)c[c-]n1.[Y]. The van der Waals surface area contributed by atoms with Crippen LogP contribution in [0.1, 0.15) is 0 Å². The molecule has 1 aromatic heterocycles. The van der Waals surface area contributed by atoms with Gasteiger partial charge in [0.15, 0.2) is 0 Å². The molecule has 45 valence electrons. The molecular formula is C5H2FINY-. The minimum absolute atomic E-state index is 0. The summed E-state index contributed by atoms with van der Waals surface area (Å²) in [6.07, 6.45) is 2.40. The van der Waals surface area contributed by atoms with Crippen LogP contribution in [-0.4, -0.2) is 4.98 Å². The Bertz CT molecular complexity index is 177. The molecule has 0 bridgehead atoms. The maximum absolute atomic E-state index is 12.0. The van der Waals surface area contributed by atoms with Crippen LogP contribution in [0.3, 0.4) is 0 Å². The molecule has 1 rings (SSSR count). The molecule has 0 aliphatic carbocycles. The van der Waals surface area contributed by atoms with Gasteiger partial charge < -0.3 is 4.98 Å². The molecular weight excluding hydrogens is 309 g/mol. The summed E-state index contributed by atoms with van der Waals surface area (Å²) >= 11 is 1.99. The van der Waals surface area contributed by atoms with E-state index in [4.69, 9.17) is 0 Å². The second kappa shape index (κ2) is 4.69. The Kier molecular flexibility index (Phi) is 5.16. The van der Waals surface area contributed by atoms with E-state index >= 15 is 0 Å². The summed E-state index contributed by atoms with van der Waals surface area (Å²) in [7, 11) is 0. The molecule has 1 heterocycles. The number of aromatic nitrogens is 1. The van der Waals surface area contributed by atoms with E-state index < -0.39 is 5.95 Å². The molecule has 0 aliphatic heterocycles. The van der Waals surface area contributed by atoms with Crippen LogP contribution in [0.4, 0.5) is 4.39 Å². The molecule has 0 N–H and O–H groups in total. The van der Waals surface area contributed by atoms with Crippen molar-refractivity contribution in [1.82, 2.24) is 4.98 Å². The van der Waals surface area contributed by atoms with Gasteiger partial charge in [-0.15, -0.1) is 34.7 Å². The van der Waals surface area contributed by atoms with E-state index in [1.165, 1.54) is 6.07 Å². The number of hydrogen-bond donors (Lipinski definition) is 0. The minimum atomic E-state index is -0.475. The Morgan fingerprint density at radius 3 is 2.67 bits per heavy atom. The van der Waals surface area contributed by atoms with Gasteiger partial charge in [0.2, 0.25) is 0 Å². The fraction of sp³-hybridized carbons (Fsp3) is 0. The second-order valence-electron chi connectivity index (χ2n) is 1.24. The smallest absolute Gasteiger partial charge is 0.0966 e. The largest absolute Gasteiger partial charge is 0.361 e. The van der Waals surface area contributed by atoms with E-state index in [0.717, 1.165) is 3.57 Å². The van der Waals surface area contributed by atoms with Crippen LogP contribution >= 0.6 is 22.6 Å². The Hall–Kier alpha value is 0.914. The third-order valence-electron chi connectivity index (χ3n) is 0.631. The van der Waals surface area contributed by atoms with Crippen molar-refractivity contribution in [2.45, 2.75) is 0 Å². The predicted molar refractivity (Wildman–Crippen MR) is 35.7 cm³/mol. The van der Waals surface area contributed by atoms with Crippen LogP contribution in [0.5, 0.6) is 0 Å². The van der Waals surface area contributed by atoms with Gasteiger partial charge in [-0.05, 0) is 0 Å². The summed E-state index contributed by atoms with van der Waals surface area (Å²) in [6, 6.07) is 2.96. The van der Waals surface area contributed by atoms with Crippen molar-refractivity contribution in [2.24, 2.45) is 0 Å². The van der Waals surface area contributed by atoms with Crippen molar-refractivity contribution in [3.05, 3.63) is 27.8 Å². The summed E-state index contributed by atoms with van der Waals surface area (Å²) in [4.78, 5) is 3.24. The quantitative estimate of drug-likeness (QED) is 0.403. The molecule has 0 amide bonds. The van der Waals surface area contributed by atoms with Gasteiger partial charge in [0.05, 0.1) is 5.95 Å². The van der Waals surface area contributed by atoms with Gasteiger partial charge in [0, 0.05) is 32.7 Å². The maximum atomic E-state index is 12.0. The summed E-state index contributed by atoms with van der Waals surface area (Å²) < 4.78 is 12.8. The van der Waals surface area contributed by atoms with E-state index in [9.17, 15) is 4.39 Å². The van der Waals surface area contributed by atoms with Gasteiger partial charge in [-0.25, -0.2) is 0 Å². The van der Waals surface area contributed by atoms with E-state index in [-0.39, 0.29) is 32.7 Å². The third-order valence-corrected chi connectivity index (χ3v) is 1.25. The zero-order valence-corrected chi connectivity index (χ0v) is 9.43. The Morgan fingerprint density at radius 2 is 2.33 bits per heavy atom. The molecule has 9 heavy (non-hydrogen) atoms. The van der Waals surface area contributed by atoms with Crippen LogP contribution in [0.2, 0.25) is 0 Å². The molecule has 0 aromatic carbocycles. The summed E-state index contributed by atoms with van der Waals surface area (Å²) in [5.41, 5.74) is 0. The van der Waals surface area contributed by atoms with Crippen molar-refractivity contribution in [3.63, 3.8) is 0 Å². The molecule has 0 saturated heterocycles. The van der Waals surface area contributed by atoms with Crippen molar-refractivity contribution >= 4 is 22.6 Å². The molecule has 0 atom stereocenters. The van der Waals surface area contributed by atoms with Crippen LogP contribution in [0.25, 0.3) is 0 Å². The number of nitrogens with zero attached hydrogens (tertiary/aromatic N) is 1. The molecule has 0 fully saturated rings. The maximum Gasteiger partial charge on any atom is 0.0966 e. The van der Waals surface area contributed by atoms with Crippen LogP contribution in [0.15, 0.2) is 12.1 Å². The van der Waals surface area contributed by atoms with E-state index in [0.29, 0.717) is 0 Å². The first-order chi connectivity index (χ1) is 3.79. The average Bonchev–Trinajstić information content (AvgIpc) is 1.64. The van der Waals surface area contributed by atoms with Gasteiger partial charge in [0.1, 0.15) is 0 Å². The Labute approximate surface area is 91.5 Å². The van der Waals surface area contributed by atoms with Crippen molar-refractivity contribution in [3.8, 4) is 0 Å². The zero-order chi connectivity index (χ0) is 5.98. The number of rotatable bonds is 0. The van der Waals surface area contributed by atoms with Crippen LogP contribution < -0.4 is 0 Å². The molecule has 0 saturated carbocycles. The zero-order valence-electron chi connectivity index (χ0n) is 4.44. The fourth-order valence-electron chi connectivity index (χ4n) is 0.343. The molecule has 4 heteroatoms. The first-order valence-electron chi connectivity index (χ1n) is 1.98. The van der Waals surface area contributed by atoms with Gasteiger partial charge >= 0.3 is 0 Å². The second-order valence-corrected chi connectivity index (χ2v) is 2.48. The first-order valence-corrected chi connectivity index (χ1v) is 3.06. The van der Waals surface area contributed by atoms with Crippen molar-refractivity contribution < 1.29 is 37.1 Å². The molecule has 0 spiro atoms. The Morgan fingerprint density at radius 1 is 1.67 bits per heavy atom. The summed E-state index contributed by atoms with van der Waals surface area (Å²) in [6.45, 7) is 0.